The molecule has 5 heteroatoms. The summed E-state index contributed by atoms with van der Waals surface area (Å²) in [7, 11) is 0. The molecular formula is C19H25ClN2O2. The molecule has 0 radical (unpaired) electrons. The van der Waals surface area contributed by atoms with Gasteiger partial charge in [-0.25, -0.2) is 0 Å². The fourth-order valence-electron chi connectivity index (χ4n) is 2.32. The van der Waals surface area contributed by atoms with E-state index in [-0.39, 0.29) is 24.4 Å². The summed E-state index contributed by atoms with van der Waals surface area (Å²) >= 11 is 0. The molecule has 1 atom stereocenters. The standard InChI is InChI=1S/C19H24N2O2.ClH/c1-14-13-17(23-15(2)16-7-4-3-5-8-16)10-11-18(14)21-19(22)9-6-12-20;/h3-5,7-8,10-11,13,15H,6,9,12,20H2,1-2H3,(H,21,22);1H. The Morgan fingerprint density at radius 1 is 1.21 bits per heavy atom. The Morgan fingerprint density at radius 3 is 2.54 bits per heavy atom. The van der Waals surface area contributed by atoms with Crippen LogP contribution < -0.4 is 15.8 Å². The summed E-state index contributed by atoms with van der Waals surface area (Å²) in [6, 6.07) is 15.8. The predicted octanol–water partition coefficient (Wildman–Crippen LogP) is 4.23. The van der Waals surface area contributed by atoms with E-state index in [4.69, 9.17) is 10.5 Å². The van der Waals surface area contributed by atoms with Gasteiger partial charge in [0, 0.05) is 12.1 Å². The summed E-state index contributed by atoms with van der Waals surface area (Å²) in [6.07, 6.45) is 1.11. The van der Waals surface area contributed by atoms with Crippen molar-refractivity contribution in [3.8, 4) is 5.75 Å². The van der Waals surface area contributed by atoms with Gasteiger partial charge in [-0.1, -0.05) is 30.3 Å². The minimum Gasteiger partial charge on any atom is -0.486 e. The molecule has 0 heterocycles. The van der Waals surface area contributed by atoms with Crippen LogP contribution >= 0.6 is 12.4 Å². The van der Waals surface area contributed by atoms with Gasteiger partial charge in [-0.15, -0.1) is 12.4 Å². The molecule has 0 bridgehead atoms. The lowest BCUT2D eigenvalue weighted by molar-refractivity contribution is -0.116. The van der Waals surface area contributed by atoms with Crippen LogP contribution in [0.25, 0.3) is 0 Å². The number of amides is 1. The first-order chi connectivity index (χ1) is 11.1. The molecule has 1 amide bonds. The summed E-state index contributed by atoms with van der Waals surface area (Å²) in [5.41, 5.74) is 8.33. The second-order valence-electron chi connectivity index (χ2n) is 5.59. The number of hydrogen-bond acceptors (Lipinski definition) is 3. The maximum Gasteiger partial charge on any atom is 0.224 e. The molecule has 130 valence electrons. The van der Waals surface area contributed by atoms with Gasteiger partial charge in [-0.3, -0.25) is 4.79 Å². The highest BCUT2D eigenvalue weighted by Gasteiger charge is 2.09. The lowest BCUT2D eigenvalue weighted by atomic mass is 10.1. The van der Waals surface area contributed by atoms with Gasteiger partial charge in [-0.2, -0.15) is 0 Å². The van der Waals surface area contributed by atoms with Crippen LogP contribution in [0.1, 0.15) is 37.0 Å². The number of nitrogens with two attached hydrogens (primary N) is 1. The summed E-state index contributed by atoms with van der Waals surface area (Å²) in [5, 5.41) is 2.91. The Labute approximate surface area is 149 Å². The van der Waals surface area contributed by atoms with Crippen molar-refractivity contribution in [1.29, 1.82) is 0 Å². The number of hydrogen-bond donors (Lipinski definition) is 2. The van der Waals surface area contributed by atoms with Crippen LogP contribution in [0.3, 0.4) is 0 Å². The maximum atomic E-state index is 11.8. The van der Waals surface area contributed by atoms with Gasteiger partial charge in [0.05, 0.1) is 0 Å². The van der Waals surface area contributed by atoms with Gasteiger partial charge in [0.1, 0.15) is 11.9 Å². The van der Waals surface area contributed by atoms with Gasteiger partial charge in [0.25, 0.3) is 0 Å². The molecule has 0 spiro atoms. The summed E-state index contributed by atoms with van der Waals surface area (Å²) < 4.78 is 5.98. The van der Waals surface area contributed by atoms with Crippen LogP contribution in [0.2, 0.25) is 0 Å². The van der Waals surface area contributed by atoms with Crippen LogP contribution in [-0.2, 0) is 4.79 Å². The van der Waals surface area contributed by atoms with Crippen LogP contribution in [0.4, 0.5) is 5.69 Å². The van der Waals surface area contributed by atoms with E-state index < -0.39 is 0 Å². The maximum absolute atomic E-state index is 11.8. The number of rotatable bonds is 7. The van der Waals surface area contributed by atoms with E-state index in [2.05, 4.69) is 5.32 Å². The second kappa shape index (κ2) is 9.96. The zero-order chi connectivity index (χ0) is 16.7. The van der Waals surface area contributed by atoms with E-state index in [0.29, 0.717) is 19.4 Å². The third-order valence-corrected chi connectivity index (χ3v) is 3.66. The molecule has 3 N–H and O–H groups in total. The molecule has 0 aliphatic heterocycles. The molecular weight excluding hydrogens is 324 g/mol. The number of anilines is 1. The molecule has 0 saturated heterocycles. The molecule has 0 fully saturated rings. The second-order valence-corrected chi connectivity index (χ2v) is 5.59. The molecule has 0 aromatic heterocycles. The van der Waals surface area contributed by atoms with Crippen molar-refractivity contribution in [3.05, 3.63) is 59.7 Å². The molecule has 2 aromatic rings. The number of carbonyl (C=O) groups is 1. The van der Waals surface area contributed by atoms with Crippen LogP contribution in [-0.4, -0.2) is 12.5 Å². The first kappa shape index (κ1) is 20.0. The summed E-state index contributed by atoms with van der Waals surface area (Å²) in [4.78, 5) is 11.8. The minimum absolute atomic E-state index is 0. The van der Waals surface area contributed by atoms with Crippen molar-refractivity contribution < 1.29 is 9.53 Å². The van der Waals surface area contributed by atoms with Gasteiger partial charge in [-0.05, 0) is 56.1 Å². The first-order valence-electron chi connectivity index (χ1n) is 7.92. The Morgan fingerprint density at radius 2 is 1.92 bits per heavy atom. The Hall–Kier alpha value is -2.04. The zero-order valence-corrected chi connectivity index (χ0v) is 14.9. The highest BCUT2D eigenvalue weighted by molar-refractivity contribution is 5.91. The van der Waals surface area contributed by atoms with E-state index in [1.807, 2.05) is 62.4 Å². The molecule has 1 unspecified atom stereocenters. The van der Waals surface area contributed by atoms with Crippen LogP contribution in [0.15, 0.2) is 48.5 Å². The largest absolute Gasteiger partial charge is 0.486 e. The lowest BCUT2D eigenvalue weighted by Gasteiger charge is -2.16. The quantitative estimate of drug-likeness (QED) is 0.786. The average molecular weight is 349 g/mol. The average Bonchev–Trinajstić information content (AvgIpc) is 2.56. The van der Waals surface area contributed by atoms with Crippen molar-refractivity contribution in [3.63, 3.8) is 0 Å². The Balaban J connectivity index is 0.00000288. The van der Waals surface area contributed by atoms with Crippen molar-refractivity contribution in [2.24, 2.45) is 5.73 Å². The topological polar surface area (TPSA) is 64.3 Å². The van der Waals surface area contributed by atoms with E-state index in [9.17, 15) is 4.79 Å². The fraction of sp³-hybridized carbons (Fsp3) is 0.316. The Bertz CT molecular complexity index is 647. The summed E-state index contributed by atoms with van der Waals surface area (Å²) in [5.74, 6) is 0.781. The monoisotopic (exact) mass is 348 g/mol. The highest BCUT2D eigenvalue weighted by Crippen LogP contribution is 2.26. The molecule has 4 nitrogen and oxygen atoms in total. The SMILES string of the molecule is Cc1cc(OC(C)c2ccccc2)ccc1NC(=O)CCCN.Cl. The highest BCUT2D eigenvalue weighted by atomic mass is 35.5. The van der Waals surface area contributed by atoms with Crippen molar-refractivity contribution in [2.45, 2.75) is 32.8 Å². The first-order valence-corrected chi connectivity index (χ1v) is 7.92. The number of halogens is 1. The van der Waals surface area contributed by atoms with Gasteiger partial charge in [0.2, 0.25) is 5.91 Å². The van der Waals surface area contributed by atoms with Crippen LogP contribution in [0.5, 0.6) is 5.75 Å². The Kier molecular flexibility index (Phi) is 8.30. The molecule has 24 heavy (non-hydrogen) atoms. The number of benzene rings is 2. The molecule has 0 saturated carbocycles. The van der Waals surface area contributed by atoms with Crippen molar-refractivity contribution in [2.75, 3.05) is 11.9 Å². The van der Waals surface area contributed by atoms with Gasteiger partial charge >= 0.3 is 0 Å². The molecule has 0 aliphatic rings. The number of ether oxygens (including phenoxy) is 1. The smallest absolute Gasteiger partial charge is 0.224 e. The van der Waals surface area contributed by atoms with Gasteiger partial charge in [0.15, 0.2) is 0 Å². The van der Waals surface area contributed by atoms with Gasteiger partial charge < -0.3 is 15.8 Å². The third-order valence-electron chi connectivity index (χ3n) is 3.66. The lowest BCUT2D eigenvalue weighted by Crippen LogP contribution is -2.14. The molecule has 0 aliphatic carbocycles. The van der Waals surface area contributed by atoms with Crippen LogP contribution in [0, 0.1) is 6.92 Å². The van der Waals surface area contributed by atoms with E-state index in [0.717, 1.165) is 22.6 Å². The fourth-order valence-corrected chi connectivity index (χ4v) is 2.32. The van der Waals surface area contributed by atoms with Crippen molar-refractivity contribution in [1.82, 2.24) is 0 Å². The van der Waals surface area contributed by atoms with E-state index in [1.165, 1.54) is 0 Å². The molecule has 2 rings (SSSR count). The van der Waals surface area contributed by atoms with Crippen molar-refractivity contribution >= 4 is 24.0 Å². The normalized spacial score (nSPS) is 11.3. The number of nitrogens with one attached hydrogen (secondary N) is 1. The number of aryl methyl sites for hydroxylation is 1. The zero-order valence-electron chi connectivity index (χ0n) is 14.1. The predicted molar refractivity (Wildman–Crippen MR) is 101 cm³/mol. The van der Waals surface area contributed by atoms with E-state index >= 15 is 0 Å². The number of carbonyl (C=O) groups excluding carboxylic acids is 1. The molecule has 2 aromatic carbocycles. The van der Waals surface area contributed by atoms with E-state index in [1.54, 1.807) is 0 Å². The minimum atomic E-state index is -0.0272. The summed E-state index contributed by atoms with van der Waals surface area (Å²) in [6.45, 7) is 4.50. The third kappa shape index (κ3) is 5.87.